The minimum Gasteiger partial charge on any atom is -0.291 e. The van der Waals surface area contributed by atoms with Gasteiger partial charge in [0.05, 0.1) is 0 Å². The number of nitrogens with one attached hydrogen (secondary N) is 1. The van der Waals surface area contributed by atoms with E-state index in [0.29, 0.717) is 0 Å². The van der Waals surface area contributed by atoms with Crippen molar-refractivity contribution in [3.05, 3.63) is 41.5 Å². The maximum absolute atomic E-state index is 5.60. The van der Waals surface area contributed by atoms with Crippen LogP contribution in [0.15, 0.2) is 30.3 Å². The summed E-state index contributed by atoms with van der Waals surface area (Å²) in [6.45, 7) is 0.951. The van der Waals surface area contributed by atoms with Gasteiger partial charge in [-0.3, -0.25) is 4.84 Å². The van der Waals surface area contributed by atoms with E-state index in [9.17, 15) is 0 Å². The normalized spacial score (nSPS) is 29.4. The van der Waals surface area contributed by atoms with Gasteiger partial charge >= 0.3 is 0 Å². The van der Waals surface area contributed by atoms with Crippen LogP contribution in [0.5, 0.6) is 0 Å². The van der Waals surface area contributed by atoms with Gasteiger partial charge in [0.2, 0.25) is 0 Å². The van der Waals surface area contributed by atoms with Crippen LogP contribution in [0.25, 0.3) is 6.08 Å². The average Bonchev–Trinajstić information content (AvgIpc) is 2.66. The molecular weight excluding hydrogens is 174 g/mol. The number of hydrogen-bond donors (Lipinski definition) is 1. The Hall–Kier alpha value is -1.12. The average molecular weight is 187 g/mol. The van der Waals surface area contributed by atoms with Crippen LogP contribution in [0.4, 0.5) is 0 Å². The van der Waals surface area contributed by atoms with Crippen molar-refractivity contribution in [3.8, 4) is 0 Å². The summed E-state index contributed by atoms with van der Waals surface area (Å²) < 4.78 is 0. The van der Waals surface area contributed by atoms with Crippen LogP contribution in [0.1, 0.15) is 17.5 Å². The van der Waals surface area contributed by atoms with E-state index in [-0.39, 0.29) is 5.60 Å². The van der Waals surface area contributed by atoms with Gasteiger partial charge in [-0.15, -0.1) is 0 Å². The lowest BCUT2D eigenvalue weighted by Crippen LogP contribution is -2.31. The van der Waals surface area contributed by atoms with Gasteiger partial charge in [0, 0.05) is 13.0 Å². The number of rotatable bonds is 0. The molecule has 1 aliphatic carbocycles. The van der Waals surface area contributed by atoms with E-state index in [1.807, 2.05) is 0 Å². The summed E-state index contributed by atoms with van der Waals surface area (Å²) in [5.74, 6) is 0. The van der Waals surface area contributed by atoms with Crippen molar-refractivity contribution in [2.24, 2.45) is 0 Å². The molecule has 72 valence electrons. The van der Waals surface area contributed by atoms with Gasteiger partial charge in [0.25, 0.3) is 0 Å². The minimum atomic E-state index is -0.0750. The zero-order chi connectivity index (χ0) is 9.43. The fourth-order valence-corrected chi connectivity index (χ4v) is 2.23. The molecule has 0 aromatic heterocycles. The molecule has 1 atom stereocenters. The first-order valence-electron chi connectivity index (χ1n) is 5.06. The smallest absolute Gasteiger partial charge is 0.113 e. The van der Waals surface area contributed by atoms with Crippen molar-refractivity contribution in [2.75, 3.05) is 6.54 Å². The maximum atomic E-state index is 5.60. The summed E-state index contributed by atoms with van der Waals surface area (Å²) in [7, 11) is 0. The van der Waals surface area contributed by atoms with Crippen LogP contribution in [0.3, 0.4) is 0 Å². The lowest BCUT2D eigenvalue weighted by molar-refractivity contribution is -0.0190. The fraction of sp³-hybridized carbons (Fsp3) is 0.333. The third-order valence-corrected chi connectivity index (χ3v) is 3.04. The molecule has 0 saturated carbocycles. The molecule has 0 radical (unpaired) electrons. The predicted molar refractivity (Wildman–Crippen MR) is 55.6 cm³/mol. The summed E-state index contributed by atoms with van der Waals surface area (Å²) in [4.78, 5) is 5.60. The van der Waals surface area contributed by atoms with Crippen LogP contribution in [-0.2, 0) is 11.3 Å². The molecule has 14 heavy (non-hydrogen) atoms. The second kappa shape index (κ2) is 2.94. The first kappa shape index (κ1) is 8.21. The molecule has 1 spiro atoms. The number of fused-ring (bicyclic) bond motifs is 1. The highest BCUT2D eigenvalue weighted by Crippen LogP contribution is 2.32. The Morgan fingerprint density at radius 2 is 2.21 bits per heavy atom. The first-order valence-corrected chi connectivity index (χ1v) is 5.06. The quantitative estimate of drug-likeness (QED) is 0.670. The van der Waals surface area contributed by atoms with Crippen molar-refractivity contribution < 1.29 is 4.84 Å². The van der Waals surface area contributed by atoms with Crippen LogP contribution >= 0.6 is 0 Å². The second-order valence-corrected chi connectivity index (χ2v) is 4.02. The molecule has 2 aliphatic rings. The Bertz CT molecular complexity index is 378. The third kappa shape index (κ3) is 1.19. The maximum Gasteiger partial charge on any atom is 0.113 e. The van der Waals surface area contributed by atoms with Crippen LogP contribution < -0.4 is 5.48 Å². The lowest BCUT2D eigenvalue weighted by Gasteiger charge is -2.27. The van der Waals surface area contributed by atoms with Gasteiger partial charge in [0.15, 0.2) is 0 Å². The van der Waals surface area contributed by atoms with Crippen molar-refractivity contribution in [3.63, 3.8) is 0 Å². The number of hydrogen-bond acceptors (Lipinski definition) is 2. The van der Waals surface area contributed by atoms with Gasteiger partial charge in [-0.05, 0) is 23.6 Å². The summed E-state index contributed by atoms with van der Waals surface area (Å²) in [6, 6.07) is 8.51. The molecule has 1 aliphatic heterocycles. The monoisotopic (exact) mass is 187 g/mol. The van der Waals surface area contributed by atoms with Gasteiger partial charge in [0.1, 0.15) is 5.60 Å². The summed E-state index contributed by atoms with van der Waals surface area (Å²) in [6.07, 6.45) is 6.42. The SMILES string of the molecule is C1=CC2(CCNO2)Cc2ccccc21. The topological polar surface area (TPSA) is 21.3 Å². The third-order valence-electron chi connectivity index (χ3n) is 3.04. The van der Waals surface area contributed by atoms with Crippen LogP contribution in [-0.4, -0.2) is 12.1 Å². The van der Waals surface area contributed by atoms with Gasteiger partial charge < -0.3 is 0 Å². The van der Waals surface area contributed by atoms with Crippen LogP contribution in [0.2, 0.25) is 0 Å². The van der Waals surface area contributed by atoms with E-state index in [1.165, 1.54) is 11.1 Å². The Balaban J connectivity index is 2.00. The van der Waals surface area contributed by atoms with Crippen molar-refractivity contribution >= 4 is 6.08 Å². The predicted octanol–water partition coefficient (Wildman–Crippen LogP) is 1.92. The summed E-state index contributed by atoms with van der Waals surface area (Å²) in [5, 5.41) is 0. The zero-order valence-electron chi connectivity index (χ0n) is 7.99. The molecule has 1 aromatic rings. The molecule has 1 heterocycles. The highest BCUT2D eigenvalue weighted by Gasteiger charge is 2.35. The van der Waals surface area contributed by atoms with E-state index < -0.39 is 0 Å². The van der Waals surface area contributed by atoms with Gasteiger partial charge in [-0.25, -0.2) is 5.48 Å². The van der Waals surface area contributed by atoms with E-state index in [1.54, 1.807) is 0 Å². The first-order chi connectivity index (χ1) is 6.88. The molecule has 1 fully saturated rings. The standard InChI is InChI=1S/C12H13NO/c1-2-4-11-9-12(7-8-13-14-12)6-5-10(11)3-1/h1-6,13H,7-9H2. The van der Waals surface area contributed by atoms with Crippen molar-refractivity contribution in [2.45, 2.75) is 18.4 Å². The molecule has 1 unspecified atom stereocenters. The Labute approximate surface area is 83.5 Å². The van der Waals surface area contributed by atoms with Gasteiger partial charge in [-0.2, -0.15) is 0 Å². The zero-order valence-corrected chi connectivity index (χ0v) is 7.99. The molecule has 1 saturated heterocycles. The second-order valence-electron chi connectivity index (χ2n) is 4.02. The molecule has 2 heteroatoms. The van der Waals surface area contributed by atoms with Crippen molar-refractivity contribution in [1.29, 1.82) is 0 Å². The highest BCUT2D eigenvalue weighted by atomic mass is 16.7. The van der Waals surface area contributed by atoms with Crippen molar-refractivity contribution in [1.82, 2.24) is 5.48 Å². The Morgan fingerprint density at radius 1 is 1.29 bits per heavy atom. The largest absolute Gasteiger partial charge is 0.291 e. The number of benzene rings is 1. The summed E-state index contributed by atoms with van der Waals surface area (Å²) in [5.41, 5.74) is 5.60. The molecular formula is C12H13NO. The number of hydroxylamine groups is 1. The Kier molecular flexibility index (Phi) is 1.72. The molecule has 0 amide bonds. The molecule has 1 aromatic carbocycles. The molecule has 1 N–H and O–H groups in total. The Morgan fingerprint density at radius 3 is 3.07 bits per heavy atom. The van der Waals surface area contributed by atoms with Gasteiger partial charge in [-0.1, -0.05) is 30.3 Å². The van der Waals surface area contributed by atoms with E-state index >= 15 is 0 Å². The molecule has 0 bridgehead atoms. The lowest BCUT2D eigenvalue weighted by atomic mass is 9.84. The molecule has 2 nitrogen and oxygen atoms in total. The molecule has 3 rings (SSSR count). The van der Waals surface area contributed by atoms with E-state index in [0.717, 1.165) is 19.4 Å². The summed E-state index contributed by atoms with van der Waals surface area (Å²) >= 11 is 0. The van der Waals surface area contributed by atoms with Crippen LogP contribution in [0, 0.1) is 0 Å². The van der Waals surface area contributed by atoms with E-state index in [2.05, 4.69) is 41.9 Å². The fourth-order valence-electron chi connectivity index (χ4n) is 2.23. The minimum absolute atomic E-state index is 0.0750. The van der Waals surface area contributed by atoms with E-state index in [4.69, 9.17) is 4.84 Å². The highest BCUT2D eigenvalue weighted by molar-refractivity contribution is 5.58.